The molecule has 0 aliphatic carbocycles. The van der Waals surface area contributed by atoms with Crippen molar-refractivity contribution < 1.29 is 14.6 Å². The zero-order chi connectivity index (χ0) is 15.0. The number of benzene rings is 2. The average molecular weight is 283 g/mol. The molecule has 6 heteroatoms. The second-order valence-corrected chi connectivity index (χ2v) is 4.66. The summed E-state index contributed by atoms with van der Waals surface area (Å²) in [5, 5.41) is 17.2. The van der Waals surface area contributed by atoms with Gasteiger partial charge in [-0.1, -0.05) is 5.21 Å². The fraction of sp³-hybridized carbons (Fsp3) is 0.133. The summed E-state index contributed by atoms with van der Waals surface area (Å²) in [7, 11) is 1.62. The van der Waals surface area contributed by atoms with Crippen LogP contribution in [0.3, 0.4) is 0 Å². The average Bonchev–Trinajstić information content (AvgIpc) is 2.90. The molecule has 0 aliphatic heterocycles. The van der Waals surface area contributed by atoms with E-state index in [4.69, 9.17) is 9.84 Å². The Balaban J connectivity index is 2.18. The third-order valence-electron chi connectivity index (χ3n) is 3.32. The van der Waals surface area contributed by atoms with Gasteiger partial charge < -0.3 is 9.84 Å². The molecule has 0 amide bonds. The van der Waals surface area contributed by atoms with E-state index in [1.807, 2.05) is 25.1 Å². The van der Waals surface area contributed by atoms with Gasteiger partial charge in [0.2, 0.25) is 0 Å². The number of carboxylic acids is 1. The van der Waals surface area contributed by atoms with Gasteiger partial charge in [-0.2, -0.15) is 0 Å². The molecule has 2 aromatic carbocycles. The summed E-state index contributed by atoms with van der Waals surface area (Å²) >= 11 is 0. The first-order chi connectivity index (χ1) is 10.1. The van der Waals surface area contributed by atoms with Gasteiger partial charge in [-0.3, -0.25) is 0 Å². The number of hydrogen-bond acceptors (Lipinski definition) is 4. The minimum Gasteiger partial charge on any atom is -0.496 e. The molecular weight excluding hydrogens is 270 g/mol. The lowest BCUT2D eigenvalue weighted by atomic mass is 10.1. The van der Waals surface area contributed by atoms with E-state index in [2.05, 4.69) is 10.3 Å². The van der Waals surface area contributed by atoms with Gasteiger partial charge in [-0.05, 0) is 48.9 Å². The van der Waals surface area contributed by atoms with Crippen LogP contribution in [0.2, 0.25) is 0 Å². The van der Waals surface area contributed by atoms with E-state index in [9.17, 15) is 4.79 Å². The number of ether oxygens (including phenoxy) is 1. The lowest BCUT2D eigenvalue weighted by Crippen LogP contribution is -2.00. The van der Waals surface area contributed by atoms with Crippen LogP contribution >= 0.6 is 0 Å². The van der Waals surface area contributed by atoms with Crippen LogP contribution in [0.15, 0.2) is 36.4 Å². The van der Waals surface area contributed by atoms with Crippen LogP contribution in [0.1, 0.15) is 15.9 Å². The summed E-state index contributed by atoms with van der Waals surface area (Å²) in [6.07, 6.45) is 0. The zero-order valence-electron chi connectivity index (χ0n) is 11.6. The van der Waals surface area contributed by atoms with Crippen molar-refractivity contribution >= 4 is 17.0 Å². The highest BCUT2D eigenvalue weighted by atomic mass is 16.5. The Labute approximate surface area is 120 Å². The van der Waals surface area contributed by atoms with Crippen molar-refractivity contribution in [3.05, 3.63) is 47.5 Å². The Morgan fingerprint density at radius 1 is 1.24 bits per heavy atom. The standard InChI is InChI=1S/C15H13N3O3/c1-9-7-11(4-6-14(9)21-2)18-13-8-10(15(19)20)3-5-12(13)16-17-18/h3-8H,1-2H3,(H,19,20). The number of nitrogens with zero attached hydrogens (tertiary/aromatic N) is 3. The Kier molecular flexibility index (Phi) is 3.06. The highest BCUT2D eigenvalue weighted by Gasteiger charge is 2.11. The topological polar surface area (TPSA) is 77.2 Å². The highest BCUT2D eigenvalue weighted by molar-refractivity contribution is 5.92. The number of rotatable bonds is 3. The Morgan fingerprint density at radius 2 is 2.05 bits per heavy atom. The first-order valence-corrected chi connectivity index (χ1v) is 6.34. The molecule has 0 fully saturated rings. The molecule has 106 valence electrons. The molecule has 0 saturated carbocycles. The van der Waals surface area contributed by atoms with Crippen molar-refractivity contribution in [2.45, 2.75) is 6.92 Å². The SMILES string of the molecule is COc1ccc(-n2nnc3ccc(C(=O)O)cc32)cc1C. The third-order valence-corrected chi connectivity index (χ3v) is 3.32. The molecule has 0 unspecified atom stereocenters. The fourth-order valence-corrected chi connectivity index (χ4v) is 2.24. The predicted octanol–water partition coefficient (Wildman–Crippen LogP) is 2.44. The first kappa shape index (κ1) is 13.1. The fourth-order valence-electron chi connectivity index (χ4n) is 2.24. The van der Waals surface area contributed by atoms with Gasteiger partial charge in [0.15, 0.2) is 0 Å². The number of fused-ring (bicyclic) bond motifs is 1. The maximum Gasteiger partial charge on any atom is 0.335 e. The van der Waals surface area contributed by atoms with Crippen molar-refractivity contribution in [2.75, 3.05) is 7.11 Å². The van der Waals surface area contributed by atoms with Crippen molar-refractivity contribution in [2.24, 2.45) is 0 Å². The van der Waals surface area contributed by atoms with Crippen molar-refractivity contribution in [1.82, 2.24) is 15.0 Å². The molecule has 0 radical (unpaired) electrons. The quantitative estimate of drug-likeness (QED) is 0.798. The van der Waals surface area contributed by atoms with E-state index in [0.717, 1.165) is 17.0 Å². The molecule has 0 bridgehead atoms. The molecule has 0 spiro atoms. The summed E-state index contributed by atoms with van der Waals surface area (Å²) in [6, 6.07) is 10.4. The van der Waals surface area contributed by atoms with E-state index in [1.54, 1.807) is 23.9 Å². The van der Waals surface area contributed by atoms with Crippen LogP contribution < -0.4 is 4.74 Å². The number of hydrogen-bond donors (Lipinski definition) is 1. The number of aromatic carboxylic acids is 1. The lowest BCUT2D eigenvalue weighted by Gasteiger charge is -2.07. The molecule has 21 heavy (non-hydrogen) atoms. The van der Waals surface area contributed by atoms with Crippen LogP contribution in [-0.4, -0.2) is 33.2 Å². The molecule has 1 N–H and O–H groups in total. The minimum absolute atomic E-state index is 0.205. The second-order valence-electron chi connectivity index (χ2n) is 4.66. The Hall–Kier alpha value is -2.89. The Morgan fingerprint density at radius 3 is 2.71 bits per heavy atom. The monoisotopic (exact) mass is 283 g/mol. The molecule has 3 aromatic rings. The van der Waals surface area contributed by atoms with Crippen molar-refractivity contribution in [1.29, 1.82) is 0 Å². The highest BCUT2D eigenvalue weighted by Crippen LogP contribution is 2.23. The zero-order valence-corrected chi connectivity index (χ0v) is 11.6. The summed E-state index contributed by atoms with van der Waals surface area (Å²) < 4.78 is 6.85. The molecule has 1 aromatic heterocycles. The van der Waals surface area contributed by atoms with Gasteiger partial charge in [-0.15, -0.1) is 5.10 Å². The van der Waals surface area contributed by atoms with Gasteiger partial charge in [0.1, 0.15) is 11.3 Å². The predicted molar refractivity (Wildman–Crippen MR) is 77.1 cm³/mol. The van der Waals surface area contributed by atoms with Gasteiger partial charge >= 0.3 is 5.97 Å². The first-order valence-electron chi connectivity index (χ1n) is 6.34. The van der Waals surface area contributed by atoms with E-state index < -0.39 is 5.97 Å². The maximum absolute atomic E-state index is 11.1. The normalized spacial score (nSPS) is 10.8. The number of methoxy groups -OCH3 is 1. The summed E-state index contributed by atoms with van der Waals surface area (Å²) in [5.41, 5.74) is 3.27. The number of aryl methyl sites for hydroxylation is 1. The van der Waals surface area contributed by atoms with Crippen LogP contribution in [0.25, 0.3) is 16.7 Å². The number of carboxylic acid groups (broad SMARTS) is 1. The molecule has 0 saturated heterocycles. The molecule has 3 rings (SSSR count). The van der Waals surface area contributed by atoms with Crippen LogP contribution in [0, 0.1) is 6.92 Å². The van der Waals surface area contributed by atoms with Gasteiger partial charge in [-0.25, -0.2) is 9.48 Å². The van der Waals surface area contributed by atoms with Gasteiger partial charge in [0.05, 0.1) is 23.9 Å². The minimum atomic E-state index is -0.976. The molecule has 0 atom stereocenters. The van der Waals surface area contributed by atoms with Crippen LogP contribution in [0.4, 0.5) is 0 Å². The third kappa shape index (κ3) is 2.20. The van der Waals surface area contributed by atoms with Crippen molar-refractivity contribution in [3.8, 4) is 11.4 Å². The summed E-state index contributed by atoms with van der Waals surface area (Å²) in [6.45, 7) is 1.93. The summed E-state index contributed by atoms with van der Waals surface area (Å²) in [5.74, 6) is -0.190. The van der Waals surface area contributed by atoms with Crippen LogP contribution in [0.5, 0.6) is 5.75 Å². The molecule has 6 nitrogen and oxygen atoms in total. The van der Waals surface area contributed by atoms with Gasteiger partial charge in [0.25, 0.3) is 0 Å². The lowest BCUT2D eigenvalue weighted by molar-refractivity contribution is 0.0697. The maximum atomic E-state index is 11.1. The van der Waals surface area contributed by atoms with E-state index in [1.165, 1.54) is 6.07 Å². The Bertz CT molecular complexity index is 839. The second kappa shape index (κ2) is 4.90. The van der Waals surface area contributed by atoms with Crippen LogP contribution in [-0.2, 0) is 0 Å². The van der Waals surface area contributed by atoms with Crippen molar-refractivity contribution in [3.63, 3.8) is 0 Å². The molecular formula is C15H13N3O3. The van der Waals surface area contributed by atoms with E-state index >= 15 is 0 Å². The number of aromatic nitrogens is 3. The molecule has 0 aliphatic rings. The summed E-state index contributed by atoms with van der Waals surface area (Å²) in [4.78, 5) is 11.1. The van der Waals surface area contributed by atoms with Gasteiger partial charge in [0, 0.05) is 0 Å². The van der Waals surface area contributed by atoms with E-state index in [-0.39, 0.29) is 5.56 Å². The largest absolute Gasteiger partial charge is 0.496 e. The smallest absolute Gasteiger partial charge is 0.335 e. The van der Waals surface area contributed by atoms with E-state index in [0.29, 0.717) is 11.0 Å². The number of carbonyl (C=O) groups is 1. The molecule has 1 heterocycles.